The molecule has 0 aromatic carbocycles. The molecule has 0 aliphatic heterocycles. The number of halogens is 7. The van der Waals surface area contributed by atoms with E-state index in [0.29, 0.717) is 0 Å². The summed E-state index contributed by atoms with van der Waals surface area (Å²) in [5.74, 6) is -0.0740. The van der Waals surface area contributed by atoms with Crippen LogP contribution in [0.2, 0.25) is 10.0 Å². The molecule has 0 spiro atoms. The number of alkyl halides is 5. The lowest BCUT2D eigenvalue weighted by atomic mass is 10.2. The van der Waals surface area contributed by atoms with Gasteiger partial charge in [0.2, 0.25) is 0 Å². The van der Waals surface area contributed by atoms with E-state index in [4.69, 9.17) is 23.2 Å². The van der Waals surface area contributed by atoms with Crippen LogP contribution in [-0.4, -0.2) is 33.8 Å². The Labute approximate surface area is 159 Å². The third kappa shape index (κ3) is 3.51. The summed E-state index contributed by atoms with van der Waals surface area (Å²) in [5, 5.41) is 3.82. The molecule has 0 atom stereocenters. The van der Waals surface area contributed by atoms with E-state index < -0.39 is 29.4 Å². The Balaban J connectivity index is 2.45. The van der Waals surface area contributed by atoms with Crippen molar-refractivity contribution in [2.45, 2.75) is 12.6 Å². The van der Waals surface area contributed by atoms with Gasteiger partial charge in [-0.15, -0.1) is 0 Å². The molecule has 0 saturated carbocycles. The lowest BCUT2D eigenvalue weighted by Crippen LogP contribution is -2.17. The van der Waals surface area contributed by atoms with E-state index >= 15 is 0 Å². The molecular weight excluding hydrogens is 416 g/mol. The molecule has 3 heterocycles. The molecule has 0 fully saturated rings. The number of hydrogen-bond acceptors (Lipinski definition) is 4. The van der Waals surface area contributed by atoms with E-state index in [9.17, 15) is 22.0 Å². The predicted molar refractivity (Wildman–Crippen MR) is 91.0 cm³/mol. The molecule has 0 unspecified atom stereocenters. The first kappa shape index (κ1) is 19.6. The topological polar surface area (TPSA) is 46.8 Å². The van der Waals surface area contributed by atoms with Gasteiger partial charge in [0.15, 0.2) is 11.5 Å². The second kappa shape index (κ2) is 6.75. The quantitative estimate of drug-likeness (QED) is 0.544. The maximum atomic E-state index is 13.5. The van der Waals surface area contributed by atoms with Crippen LogP contribution in [0, 0.1) is 0 Å². The minimum Gasteiger partial charge on any atom is -0.362 e. The van der Waals surface area contributed by atoms with Crippen molar-refractivity contribution < 1.29 is 22.0 Å². The summed E-state index contributed by atoms with van der Waals surface area (Å²) in [6.45, 7) is 0. The Hall–Kier alpha value is -2.20. The summed E-state index contributed by atoms with van der Waals surface area (Å²) in [7, 11) is 2.94. The maximum absolute atomic E-state index is 13.5. The fourth-order valence-corrected chi connectivity index (χ4v) is 3.01. The highest BCUT2D eigenvalue weighted by Crippen LogP contribution is 2.40. The number of rotatable bonds is 3. The second-order valence-electron chi connectivity index (χ2n) is 5.68. The highest BCUT2D eigenvalue weighted by Gasteiger charge is 2.39. The van der Waals surface area contributed by atoms with Crippen molar-refractivity contribution in [3.8, 4) is 5.82 Å². The molecule has 144 valence electrons. The number of hydrogen-bond donors (Lipinski definition) is 0. The molecule has 0 saturated heterocycles. The van der Waals surface area contributed by atoms with Gasteiger partial charge in [0.25, 0.3) is 6.43 Å². The second-order valence-corrected chi connectivity index (χ2v) is 6.52. The van der Waals surface area contributed by atoms with Crippen LogP contribution < -0.4 is 4.90 Å². The first-order chi connectivity index (χ1) is 12.5. The highest BCUT2D eigenvalue weighted by molar-refractivity contribution is 6.35. The minimum absolute atomic E-state index is 0.00677. The van der Waals surface area contributed by atoms with Crippen LogP contribution in [-0.2, 0) is 6.18 Å². The third-order valence-corrected chi connectivity index (χ3v) is 4.04. The molecule has 3 rings (SSSR count). The molecule has 0 radical (unpaired) electrons. The summed E-state index contributed by atoms with van der Waals surface area (Å²) >= 11 is 11.9. The summed E-state index contributed by atoms with van der Waals surface area (Å²) in [6.07, 6.45) is -6.93. The van der Waals surface area contributed by atoms with Crippen LogP contribution in [0.3, 0.4) is 0 Å². The fourth-order valence-electron chi connectivity index (χ4n) is 2.55. The fraction of sp³-hybridized carbons (Fsp3) is 0.267. The number of pyridine rings is 2. The van der Waals surface area contributed by atoms with Crippen molar-refractivity contribution >= 4 is 39.9 Å². The van der Waals surface area contributed by atoms with Crippen molar-refractivity contribution in [1.82, 2.24) is 19.7 Å². The van der Waals surface area contributed by atoms with E-state index in [2.05, 4.69) is 15.1 Å². The van der Waals surface area contributed by atoms with Gasteiger partial charge in [-0.05, 0) is 12.1 Å². The van der Waals surface area contributed by atoms with Crippen LogP contribution in [0.1, 0.15) is 17.8 Å². The SMILES string of the molecule is CN(C)c1c2c(C(F)(F)F)nc(C(F)F)cc2nn1-c1ncc(Cl)cc1Cl. The monoisotopic (exact) mass is 425 g/mol. The first-order valence-electron chi connectivity index (χ1n) is 7.28. The van der Waals surface area contributed by atoms with Crippen LogP contribution in [0.4, 0.5) is 27.8 Å². The Kier molecular flexibility index (Phi) is 4.89. The lowest BCUT2D eigenvalue weighted by Gasteiger charge is -2.17. The van der Waals surface area contributed by atoms with Crippen LogP contribution in [0.5, 0.6) is 0 Å². The summed E-state index contributed by atoms with van der Waals surface area (Å²) in [6, 6.07) is 2.15. The Morgan fingerprint density at radius 3 is 2.33 bits per heavy atom. The van der Waals surface area contributed by atoms with Crippen LogP contribution in [0.25, 0.3) is 16.7 Å². The highest BCUT2D eigenvalue weighted by atomic mass is 35.5. The van der Waals surface area contributed by atoms with Crippen molar-refractivity contribution in [1.29, 1.82) is 0 Å². The van der Waals surface area contributed by atoms with Gasteiger partial charge in [0.1, 0.15) is 11.5 Å². The first-order valence-corrected chi connectivity index (χ1v) is 8.04. The smallest absolute Gasteiger partial charge is 0.362 e. The van der Waals surface area contributed by atoms with E-state index in [0.717, 1.165) is 10.7 Å². The van der Waals surface area contributed by atoms with Gasteiger partial charge in [-0.3, -0.25) is 0 Å². The van der Waals surface area contributed by atoms with Gasteiger partial charge in [-0.1, -0.05) is 23.2 Å². The predicted octanol–water partition coefficient (Wildman–Crippen LogP) is 5.14. The van der Waals surface area contributed by atoms with Crippen LogP contribution in [0.15, 0.2) is 18.3 Å². The molecule has 5 nitrogen and oxygen atoms in total. The Morgan fingerprint density at radius 2 is 1.81 bits per heavy atom. The largest absolute Gasteiger partial charge is 0.434 e. The number of anilines is 1. The van der Waals surface area contributed by atoms with Gasteiger partial charge in [0, 0.05) is 20.3 Å². The number of fused-ring (bicyclic) bond motifs is 1. The molecular formula is C15H10Cl2F5N5. The third-order valence-electron chi connectivity index (χ3n) is 3.56. The number of aromatic nitrogens is 4. The van der Waals surface area contributed by atoms with Gasteiger partial charge < -0.3 is 4.90 Å². The molecule has 0 aliphatic carbocycles. The van der Waals surface area contributed by atoms with Gasteiger partial charge in [-0.2, -0.15) is 23.0 Å². The summed E-state index contributed by atoms with van der Waals surface area (Å²) < 4.78 is 67.7. The van der Waals surface area contributed by atoms with Gasteiger partial charge in [-0.25, -0.2) is 18.7 Å². The van der Waals surface area contributed by atoms with Gasteiger partial charge >= 0.3 is 6.18 Å². The van der Waals surface area contributed by atoms with Gasteiger partial charge in [0.05, 0.1) is 20.9 Å². The van der Waals surface area contributed by atoms with Crippen LogP contribution >= 0.6 is 23.2 Å². The Bertz CT molecular complexity index is 1020. The van der Waals surface area contributed by atoms with E-state index in [-0.39, 0.29) is 27.2 Å². The molecule has 0 bridgehead atoms. The molecule has 0 N–H and O–H groups in total. The molecule has 3 aromatic rings. The minimum atomic E-state index is -4.97. The van der Waals surface area contributed by atoms with E-state index in [1.54, 1.807) is 0 Å². The lowest BCUT2D eigenvalue weighted by molar-refractivity contribution is -0.140. The zero-order valence-electron chi connectivity index (χ0n) is 13.7. The average Bonchev–Trinajstić information content (AvgIpc) is 2.91. The van der Waals surface area contributed by atoms with Crippen molar-refractivity contribution in [3.63, 3.8) is 0 Å². The zero-order valence-corrected chi connectivity index (χ0v) is 15.2. The number of nitrogens with zero attached hydrogens (tertiary/aromatic N) is 5. The molecule has 0 aliphatic rings. The van der Waals surface area contributed by atoms with Crippen molar-refractivity contribution in [3.05, 3.63) is 39.8 Å². The molecule has 12 heteroatoms. The molecule has 27 heavy (non-hydrogen) atoms. The normalized spacial score (nSPS) is 12.2. The summed E-state index contributed by atoms with van der Waals surface area (Å²) in [5.41, 5.74) is -2.81. The molecule has 0 amide bonds. The van der Waals surface area contributed by atoms with E-state index in [1.807, 2.05) is 0 Å². The maximum Gasteiger partial charge on any atom is 0.434 e. The zero-order chi connectivity index (χ0) is 20.1. The van der Waals surface area contributed by atoms with E-state index in [1.165, 1.54) is 31.3 Å². The van der Waals surface area contributed by atoms with Crippen molar-refractivity contribution in [2.75, 3.05) is 19.0 Å². The standard InChI is InChI=1S/C15H10Cl2F5N5/c1-26(2)14-10-8(4-9(12(18)19)24-11(10)15(20,21)22)25-27(14)13-7(17)3-6(16)5-23-13/h3-5,12H,1-2H3. The van der Waals surface area contributed by atoms with Crippen molar-refractivity contribution in [2.24, 2.45) is 0 Å². The Morgan fingerprint density at radius 1 is 1.15 bits per heavy atom. The average molecular weight is 426 g/mol. The molecule has 3 aromatic heterocycles. The summed E-state index contributed by atoms with van der Waals surface area (Å²) in [4.78, 5) is 8.46.